The van der Waals surface area contributed by atoms with Crippen LogP contribution in [0.2, 0.25) is 0 Å². The monoisotopic (exact) mass is 195 g/mol. The van der Waals surface area contributed by atoms with Crippen molar-refractivity contribution in [3.63, 3.8) is 0 Å². The molecule has 0 N–H and O–H groups in total. The zero-order valence-corrected chi connectivity index (χ0v) is 5.81. The second-order valence-electron chi connectivity index (χ2n) is 2.14. The molecular weight excluding hydrogens is 187 g/mol. The van der Waals surface area contributed by atoms with Gasteiger partial charge in [-0.15, -0.1) is 0 Å². The summed E-state index contributed by atoms with van der Waals surface area (Å²) in [5.41, 5.74) is 0. The Morgan fingerprint density at radius 2 is 2.50 bits per heavy atom. The Bertz CT molecular complexity index is 62.3. The van der Waals surface area contributed by atoms with E-state index in [-0.39, 0.29) is 0 Å². The molecule has 1 heterocycles. The first-order valence-corrected chi connectivity index (χ1v) is 5.31. The normalized spacial score (nSPS) is 53.3. The first-order chi connectivity index (χ1) is 2.97. The van der Waals surface area contributed by atoms with Gasteiger partial charge in [0.1, 0.15) is 0 Å². The SMILES string of the molecule is C1CC2CC2[I-]1. The van der Waals surface area contributed by atoms with Gasteiger partial charge >= 0.3 is 48.3 Å². The van der Waals surface area contributed by atoms with Crippen molar-refractivity contribution < 1.29 is 21.2 Å². The number of halogens is 1. The second kappa shape index (κ2) is 1.11. The third-order valence-electron chi connectivity index (χ3n) is 1.62. The summed E-state index contributed by atoms with van der Waals surface area (Å²) in [6.45, 7) is 0. The fraction of sp³-hybridized carbons (Fsp3) is 1.00. The molecule has 1 saturated carbocycles. The molecule has 6 heavy (non-hydrogen) atoms. The van der Waals surface area contributed by atoms with Crippen LogP contribution in [0.1, 0.15) is 12.8 Å². The van der Waals surface area contributed by atoms with Gasteiger partial charge in [0.05, 0.1) is 0 Å². The molecule has 1 saturated heterocycles. The van der Waals surface area contributed by atoms with Gasteiger partial charge in [0.2, 0.25) is 0 Å². The van der Waals surface area contributed by atoms with Gasteiger partial charge in [-0.25, -0.2) is 0 Å². The summed E-state index contributed by atoms with van der Waals surface area (Å²) >= 11 is 0.754. The van der Waals surface area contributed by atoms with Gasteiger partial charge in [-0.05, 0) is 0 Å². The van der Waals surface area contributed by atoms with Crippen LogP contribution >= 0.6 is 0 Å². The molecule has 1 heteroatoms. The Balaban J connectivity index is 2.09. The number of alkyl halides is 2. The standard InChI is InChI=1S/C5H8I/c1-2-6-5-3-4(1)5/h4-5H,1-3H2/q-1. The molecule has 0 aromatic carbocycles. The van der Waals surface area contributed by atoms with Crippen LogP contribution in [-0.4, -0.2) is 8.35 Å². The first-order valence-electron chi connectivity index (χ1n) is 2.54. The van der Waals surface area contributed by atoms with Gasteiger partial charge in [0.25, 0.3) is 0 Å². The summed E-state index contributed by atoms with van der Waals surface area (Å²) in [6.07, 6.45) is 3.24. The summed E-state index contributed by atoms with van der Waals surface area (Å²) in [4.78, 5) is 0. The number of hydrogen-bond acceptors (Lipinski definition) is 0. The van der Waals surface area contributed by atoms with Crippen LogP contribution < -0.4 is 21.2 Å². The van der Waals surface area contributed by atoms with E-state index in [1.54, 1.807) is 17.3 Å². The van der Waals surface area contributed by atoms with Crippen molar-refractivity contribution >= 4 is 0 Å². The van der Waals surface area contributed by atoms with E-state index in [4.69, 9.17) is 0 Å². The molecule has 0 bridgehead atoms. The Morgan fingerprint density at radius 3 is 2.67 bits per heavy atom. The van der Waals surface area contributed by atoms with Gasteiger partial charge in [-0.2, -0.15) is 0 Å². The van der Waals surface area contributed by atoms with Crippen LogP contribution in [-0.2, 0) is 0 Å². The molecule has 2 fully saturated rings. The van der Waals surface area contributed by atoms with Crippen molar-refractivity contribution in [2.24, 2.45) is 5.92 Å². The van der Waals surface area contributed by atoms with Crippen molar-refractivity contribution in [2.75, 3.05) is 4.43 Å². The van der Waals surface area contributed by atoms with Crippen LogP contribution in [0.4, 0.5) is 0 Å². The van der Waals surface area contributed by atoms with E-state index < -0.39 is 0 Å². The molecule has 0 spiro atoms. The van der Waals surface area contributed by atoms with E-state index in [0.29, 0.717) is 0 Å². The molecule has 36 valence electrons. The predicted molar refractivity (Wildman–Crippen MR) is 21.4 cm³/mol. The van der Waals surface area contributed by atoms with Gasteiger partial charge in [-0.3, -0.25) is 0 Å². The summed E-state index contributed by atoms with van der Waals surface area (Å²) < 4.78 is 2.97. The molecule has 1 aliphatic heterocycles. The van der Waals surface area contributed by atoms with Gasteiger partial charge in [0.15, 0.2) is 0 Å². The van der Waals surface area contributed by atoms with Crippen molar-refractivity contribution in [3.8, 4) is 0 Å². The van der Waals surface area contributed by atoms with E-state index in [1.807, 2.05) is 0 Å². The zero-order valence-electron chi connectivity index (χ0n) is 3.65. The Labute approximate surface area is 48.6 Å². The van der Waals surface area contributed by atoms with E-state index in [0.717, 1.165) is 21.2 Å². The predicted octanol–water partition coefficient (Wildman–Crippen LogP) is -2.13. The van der Waals surface area contributed by atoms with E-state index in [9.17, 15) is 0 Å². The molecule has 0 amide bonds. The molecule has 2 unspecified atom stereocenters. The molecule has 0 radical (unpaired) electrons. The van der Waals surface area contributed by atoms with Crippen molar-refractivity contribution in [1.29, 1.82) is 0 Å². The molecule has 2 aliphatic rings. The summed E-state index contributed by atoms with van der Waals surface area (Å²) in [5, 5.41) is 0. The van der Waals surface area contributed by atoms with Crippen molar-refractivity contribution in [1.82, 2.24) is 0 Å². The number of rotatable bonds is 0. The molecule has 2 atom stereocenters. The molecule has 1 aliphatic carbocycles. The third-order valence-corrected chi connectivity index (χ3v) is 5.53. The van der Waals surface area contributed by atoms with Gasteiger partial charge in [0, 0.05) is 0 Å². The minimum absolute atomic E-state index is 0.754. The Morgan fingerprint density at radius 1 is 1.50 bits per heavy atom. The molecule has 0 aromatic rings. The van der Waals surface area contributed by atoms with Gasteiger partial charge in [-0.1, -0.05) is 0 Å². The summed E-state index contributed by atoms with van der Waals surface area (Å²) in [7, 11) is 0. The quantitative estimate of drug-likeness (QED) is 0.306. The second-order valence-corrected chi connectivity index (χ2v) is 5.70. The minimum atomic E-state index is 0.754. The Kier molecular flexibility index (Phi) is 0.686. The zero-order chi connectivity index (χ0) is 3.98. The van der Waals surface area contributed by atoms with Crippen LogP contribution in [0.5, 0.6) is 0 Å². The summed E-state index contributed by atoms with van der Waals surface area (Å²) in [6, 6.07) is 0. The van der Waals surface area contributed by atoms with E-state index >= 15 is 0 Å². The maximum atomic E-state index is 1.65. The Hall–Kier alpha value is 0.730. The van der Waals surface area contributed by atoms with Gasteiger partial charge < -0.3 is 0 Å². The average Bonchev–Trinajstić information content (AvgIpc) is 2.17. The molecule has 0 nitrogen and oxygen atoms in total. The molecule has 2 rings (SSSR count). The van der Waals surface area contributed by atoms with E-state index in [2.05, 4.69) is 0 Å². The number of hydrogen-bond donors (Lipinski definition) is 0. The number of fused-ring (bicyclic) bond motifs is 1. The van der Waals surface area contributed by atoms with Crippen LogP contribution in [0, 0.1) is 5.92 Å². The van der Waals surface area contributed by atoms with Crippen LogP contribution in [0.3, 0.4) is 0 Å². The molecular formula is C5H8I-. The van der Waals surface area contributed by atoms with E-state index in [1.165, 1.54) is 9.84 Å². The maximum absolute atomic E-state index is 1.65. The topological polar surface area (TPSA) is 0 Å². The average molecular weight is 195 g/mol. The summed E-state index contributed by atoms with van der Waals surface area (Å²) in [5.74, 6) is 1.26. The fourth-order valence-electron chi connectivity index (χ4n) is 1.04. The third kappa shape index (κ3) is 0.406. The fourth-order valence-corrected chi connectivity index (χ4v) is 5.09. The first kappa shape index (κ1) is 3.70. The molecule has 0 aromatic heterocycles. The van der Waals surface area contributed by atoms with Crippen LogP contribution in [0.25, 0.3) is 0 Å². The van der Waals surface area contributed by atoms with Crippen molar-refractivity contribution in [3.05, 3.63) is 0 Å². The van der Waals surface area contributed by atoms with Crippen LogP contribution in [0.15, 0.2) is 0 Å². The van der Waals surface area contributed by atoms with Crippen molar-refractivity contribution in [2.45, 2.75) is 16.8 Å².